The quantitative estimate of drug-likeness (QED) is 0.0314. The Balaban J connectivity index is 1.64. The summed E-state index contributed by atoms with van der Waals surface area (Å²) < 4.78 is 37.5. The van der Waals surface area contributed by atoms with Crippen LogP contribution in [0.5, 0.6) is 0 Å². The molecule has 0 spiro atoms. The van der Waals surface area contributed by atoms with Crippen LogP contribution in [0.3, 0.4) is 0 Å². The molecule has 1 aromatic rings. The van der Waals surface area contributed by atoms with Crippen LogP contribution in [0.1, 0.15) is 160 Å². The van der Waals surface area contributed by atoms with Gasteiger partial charge in [-0.1, -0.05) is 102 Å². The highest BCUT2D eigenvalue weighted by Gasteiger charge is 2.33. The third kappa shape index (κ3) is 35.4. The Kier molecular flexibility index (Phi) is 39.6. The Morgan fingerprint density at radius 3 is 1.81 bits per heavy atom. The predicted molar refractivity (Wildman–Crippen MR) is 315 cm³/mol. The van der Waals surface area contributed by atoms with Gasteiger partial charge >= 0.3 is 0 Å². The second kappa shape index (κ2) is 45.3. The van der Waals surface area contributed by atoms with Gasteiger partial charge in [0.05, 0.1) is 38.7 Å². The number of rotatable bonds is 51. The number of sulfonamides is 1. The number of nitrogens with two attached hydrogens (primary N) is 2. The van der Waals surface area contributed by atoms with Gasteiger partial charge in [-0.3, -0.25) is 57.7 Å². The summed E-state index contributed by atoms with van der Waals surface area (Å²) in [6, 6.07) is -6.88. The Morgan fingerprint density at radius 1 is 0.640 bits per heavy atom. The molecule has 0 bridgehead atoms. The van der Waals surface area contributed by atoms with Crippen LogP contribution in [0.2, 0.25) is 0 Å². The number of aromatic amines is 1. The molecule has 1 aromatic heterocycles. The molecule has 0 aromatic carbocycles. The minimum absolute atomic E-state index is 0.00128. The standard InChI is InChI=1S/C54H94N16O15S/c1-3-4-21-39(50(77)57-2)62-53(80)42(34-55)65-52(79)41(33-38-20-18-27-58-38)64-51(78)40(25-26-44(56)72)63-54(81)43(36-71)61-48(75)35-60-49(76)37-85-31-30-84-29-28-59-46(73)24-19-32-86(82,83)68-47(74)23-17-15-13-11-9-7-5-6-8-10-12-14-16-22-45-66-69-70-67-45/h20,27,39-43,71H,3-19,21-26,28-37,55H2,1-2H3,(H2,56,72)(H,57,77)(H,59,73)(H,60,76)(H,61,75)(H,62,80)(H,63,81)(H,64,78)(H,65,79)(H,68,74)(H,66,67,69,70)/t39-,40-,41-,42-,43-/m0/s1. The first-order chi connectivity index (χ1) is 41.3. The smallest absolute Gasteiger partial charge is 0.246 e. The summed E-state index contributed by atoms with van der Waals surface area (Å²) in [5.41, 5.74) is 11.6. The number of aliphatic imine (C=N–C) groups is 1. The maximum atomic E-state index is 13.8. The predicted octanol–water partition coefficient (Wildman–Crippen LogP) is -1.98. The molecular weight excluding hydrogens is 1140 g/mol. The number of hydrogen-bond acceptors (Lipinski definition) is 20. The van der Waals surface area contributed by atoms with Crippen molar-refractivity contribution in [1.29, 1.82) is 0 Å². The van der Waals surface area contributed by atoms with Crippen LogP contribution >= 0.6 is 0 Å². The number of primary amides is 1. The molecule has 486 valence electrons. The molecule has 86 heavy (non-hydrogen) atoms. The molecule has 2 heterocycles. The van der Waals surface area contributed by atoms with Crippen molar-refractivity contribution < 1.29 is 70.9 Å². The summed E-state index contributed by atoms with van der Waals surface area (Å²) in [5, 5.41) is 43.5. The van der Waals surface area contributed by atoms with E-state index in [1.807, 2.05) is 6.92 Å². The number of unbranched alkanes of at least 4 members (excludes halogenated alkanes) is 13. The van der Waals surface area contributed by atoms with Gasteiger partial charge in [0.1, 0.15) is 36.8 Å². The first kappa shape index (κ1) is 75.1. The molecule has 0 aliphatic carbocycles. The van der Waals surface area contributed by atoms with Crippen molar-refractivity contribution >= 4 is 75.3 Å². The van der Waals surface area contributed by atoms with E-state index in [1.165, 1.54) is 52.0 Å². The molecule has 15 N–H and O–H groups in total. The highest BCUT2D eigenvalue weighted by Crippen LogP contribution is 2.16. The number of nitrogens with one attached hydrogen (secondary N) is 10. The first-order valence-electron chi connectivity index (χ1n) is 29.8. The number of likely N-dealkylation sites (N-methyl/N-ethyl adjacent to an activating group) is 1. The zero-order valence-corrected chi connectivity index (χ0v) is 50.7. The van der Waals surface area contributed by atoms with Crippen LogP contribution in [0.4, 0.5) is 0 Å². The minimum atomic E-state index is -3.89. The number of allylic oxidation sites excluding steroid dienone is 1. The lowest BCUT2D eigenvalue weighted by Gasteiger charge is -2.26. The molecule has 0 saturated heterocycles. The largest absolute Gasteiger partial charge is 0.394 e. The van der Waals surface area contributed by atoms with E-state index in [0.29, 0.717) is 31.4 Å². The summed E-state index contributed by atoms with van der Waals surface area (Å²) >= 11 is 0. The number of tetrazole rings is 1. The van der Waals surface area contributed by atoms with Crippen molar-refractivity contribution in [3.63, 3.8) is 0 Å². The number of carbonyl (C=O) groups is 10. The molecule has 31 nitrogen and oxygen atoms in total. The number of nitrogens with zero attached hydrogens (tertiary/aromatic N) is 4. The molecule has 2 rings (SSSR count). The van der Waals surface area contributed by atoms with Gasteiger partial charge in [-0.05, 0) is 32.1 Å². The zero-order chi connectivity index (χ0) is 63.4. The summed E-state index contributed by atoms with van der Waals surface area (Å²) in [6.07, 6.45) is 19.5. The third-order valence-electron chi connectivity index (χ3n) is 13.4. The van der Waals surface area contributed by atoms with E-state index < -0.39 is 125 Å². The molecule has 10 amide bonds. The van der Waals surface area contributed by atoms with E-state index in [0.717, 1.165) is 50.8 Å². The molecule has 0 saturated carbocycles. The highest BCUT2D eigenvalue weighted by atomic mass is 32.2. The van der Waals surface area contributed by atoms with Crippen molar-refractivity contribution in [3.8, 4) is 0 Å². The number of aliphatic hydroxyl groups excluding tert-OH is 1. The molecule has 32 heteroatoms. The lowest BCUT2D eigenvalue weighted by Crippen LogP contribution is -2.60. The topological polar surface area (TPSA) is 471 Å². The monoisotopic (exact) mass is 1240 g/mol. The SMILES string of the molecule is CCCC[C@H](NC(=O)[C@H](CN)NC(=O)[C@H](CC1=CCC=N1)NC(=O)[C@H](CCC(N)=O)NC(=O)[C@H](CO)NC(=O)CNC(=O)COCCOCCNC(=O)CCCS(=O)(=O)NC(=O)CCCCCCCCCCCCCCCc1nn[nH]n1)C(=O)NC. The molecule has 0 radical (unpaired) electrons. The van der Waals surface area contributed by atoms with Crippen molar-refractivity contribution in [1.82, 2.24) is 67.9 Å². The van der Waals surface area contributed by atoms with Gasteiger partial charge in [-0.2, -0.15) is 5.21 Å². The second-order valence-electron chi connectivity index (χ2n) is 20.7. The second-order valence-corrected chi connectivity index (χ2v) is 22.5. The van der Waals surface area contributed by atoms with Gasteiger partial charge in [-0.15, -0.1) is 10.2 Å². The number of ether oxygens (including phenoxy) is 2. The Bertz CT molecular complexity index is 2420. The van der Waals surface area contributed by atoms with Gasteiger partial charge in [0.25, 0.3) is 0 Å². The van der Waals surface area contributed by atoms with Gasteiger partial charge in [-0.25, -0.2) is 8.42 Å². The average Bonchev–Trinajstić information content (AvgIpc) is 4.33. The van der Waals surface area contributed by atoms with Crippen LogP contribution in [-0.2, 0) is 73.9 Å². The van der Waals surface area contributed by atoms with Crippen LogP contribution < -0.4 is 58.7 Å². The van der Waals surface area contributed by atoms with E-state index in [2.05, 4.69) is 72.9 Å². The van der Waals surface area contributed by atoms with Crippen LogP contribution in [0.25, 0.3) is 0 Å². The normalized spacial score (nSPS) is 13.7. The maximum absolute atomic E-state index is 13.8. The minimum Gasteiger partial charge on any atom is -0.394 e. The Labute approximate surface area is 503 Å². The zero-order valence-electron chi connectivity index (χ0n) is 49.9. The molecule has 0 unspecified atom stereocenters. The van der Waals surface area contributed by atoms with Crippen LogP contribution in [0, 0.1) is 0 Å². The average molecular weight is 1240 g/mol. The molecule has 1 aliphatic rings. The lowest BCUT2D eigenvalue weighted by molar-refractivity contribution is -0.135. The molecule has 5 atom stereocenters. The van der Waals surface area contributed by atoms with Gasteiger partial charge < -0.3 is 68.6 Å². The number of carbonyl (C=O) groups excluding carboxylic acids is 10. The summed E-state index contributed by atoms with van der Waals surface area (Å²) in [5.74, 6) is -7.23. The number of hydrogen-bond donors (Lipinski definition) is 13. The lowest BCUT2D eigenvalue weighted by atomic mass is 10.0. The number of aryl methyl sites for hydroxylation is 1. The van der Waals surface area contributed by atoms with E-state index in [-0.39, 0.29) is 70.8 Å². The molecule has 1 aliphatic heterocycles. The van der Waals surface area contributed by atoms with Gasteiger partial charge in [0.2, 0.25) is 69.1 Å². The number of amides is 10. The summed E-state index contributed by atoms with van der Waals surface area (Å²) in [6.45, 7) is -0.448. The Hall–Kier alpha value is -7.03. The Morgan fingerprint density at radius 2 is 1.22 bits per heavy atom. The van der Waals surface area contributed by atoms with Crippen molar-refractivity contribution in [3.05, 3.63) is 17.6 Å². The van der Waals surface area contributed by atoms with E-state index in [9.17, 15) is 61.5 Å². The highest BCUT2D eigenvalue weighted by molar-refractivity contribution is 7.90. The summed E-state index contributed by atoms with van der Waals surface area (Å²) in [7, 11) is -2.48. The van der Waals surface area contributed by atoms with Crippen LogP contribution in [-0.4, -0.2) is 195 Å². The van der Waals surface area contributed by atoms with Crippen LogP contribution in [0.15, 0.2) is 16.8 Å². The van der Waals surface area contributed by atoms with Crippen molar-refractivity contribution in [2.45, 2.75) is 191 Å². The van der Waals surface area contributed by atoms with Crippen molar-refractivity contribution in [2.75, 3.05) is 65.5 Å². The molecule has 0 fully saturated rings. The fraction of sp³-hybridized carbons (Fsp3) is 0.741. The third-order valence-corrected chi connectivity index (χ3v) is 14.8. The number of aromatic nitrogens is 4. The van der Waals surface area contributed by atoms with E-state index in [1.54, 1.807) is 12.3 Å². The summed E-state index contributed by atoms with van der Waals surface area (Å²) in [4.78, 5) is 132. The fourth-order valence-electron chi connectivity index (χ4n) is 8.60. The van der Waals surface area contributed by atoms with Gasteiger partial charge in [0.15, 0.2) is 5.82 Å². The number of H-pyrrole nitrogens is 1. The van der Waals surface area contributed by atoms with E-state index in [4.69, 9.17) is 20.9 Å². The number of aliphatic hydroxyl groups is 1. The fourth-order valence-corrected chi connectivity index (χ4v) is 9.67. The first-order valence-corrected chi connectivity index (χ1v) is 31.4. The maximum Gasteiger partial charge on any atom is 0.246 e. The molecular formula is C54H94N16O15S. The van der Waals surface area contributed by atoms with Gasteiger partial charge in [0, 0.05) is 70.6 Å². The van der Waals surface area contributed by atoms with E-state index >= 15 is 0 Å². The van der Waals surface area contributed by atoms with Crippen molar-refractivity contribution in [2.24, 2.45) is 16.5 Å².